The molecule has 23 heavy (non-hydrogen) atoms. The van der Waals surface area contributed by atoms with E-state index >= 15 is 0 Å². The summed E-state index contributed by atoms with van der Waals surface area (Å²) in [7, 11) is 0. The molecule has 0 aliphatic heterocycles. The SMILES string of the molecule is FC(F)=C1C(C(F)(C(F)(F)F)C(F)(F)F)=C(F)C(F)(F)C1(F)F. The van der Waals surface area contributed by atoms with Crippen molar-refractivity contribution in [3.05, 3.63) is 23.1 Å². The molecule has 1 aliphatic carbocycles. The van der Waals surface area contributed by atoms with Crippen LogP contribution >= 0.6 is 0 Å². The van der Waals surface area contributed by atoms with Gasteiger partial charge in [-0.15, -0.1) is 0 Å². The Balaban J connectivity index is 4.00. The third-order valence-electron chi connectivity index (χ3n) is 2.77. The molecule has 0 aromatic rings. The zero-order chi connectivity index (χ0) is 18.8. The first kappa shape index (κ1) is 19.5. The van der Waals surface area contributed by atoms with E-state index in [1.54, 1.807) is 0 Å². The summed E-state index contributed by atoms with van der Waals surface area (Å²) in [6.45, 7) is 0. The molecule has 0 bridgehead atoms. The van der Waals surface area contributed by atoms with Crippen LogP contribution in [0.5, 0.6) is 0 Å². The lowest BCUT2D eigenvalue weighted by molar-refractivity contribution is -0.326. The van der Waals surface area contributed by atoms with E-state index in [0.717, 1.165) is 0 Å². The van der Waals surface area contributed by atoms with E-state index in [2.05, 4.69) is 0 Å². The standard InChI is InChI=1S/C9F14/c10-3-1(5(13,8(18,19)20)9(21,22)23)2(4(11)12)6(14,15)7(3,16)17. The molecule has 0 atom stereocenters. The Bertz CT molecular complexity index is 552. The van der Waals surface area contributed by atoms with Crippen LogP contribution in [0.3, 0.4) is 0 Å². The van der Waals surface area contributed by atoms with Gasteiger partial charge in [0.05, 0.1) is 5.57 Å². The summed E-state index contributed by atoms with van der Waals surface area (Å²) in [5.41, 5.74) is -15.4. The zero-order valence-corrected chi connectivity index (χ0v) is 9.79. The highest BCUT2D eigenvalue weighted by atomic mass is 19.4. The van der Waals surface area contributed by atoms with Gasteiger partial charge in [-0.3, -0.25) is 0 Å². The number of alkyl halides is 11. The van der Waals surface area contributed by atoms with Crippen molar-refractivity contribution in [3.63, 3.8) is 0 Å². The summed E-state index contributed by atoms with van der Waals surface area (Å²) < 4.78 is 177. The van der Waals surface area contributed by atoms with Gasteiger partial charge < -0.3 is 0 Å². The first-order valence-electron chi connectivity index (χ1n) is 4.90. The Hall–Kier alpha value is -1.50. The maximum absolute atomic E-state index is 13.5. The topological polar surface area (TPSA) is 0 Å². The van der Waals surface area contributed by atoms with E-state index in [9.17, 15) is 61.5 Å². The van der Waals surface area contributed by atoms with Crippen LogP contribution in [-0.2, 0) is 0 Å². The van der Waals surface area contributed by atoms with Crippen LogP contribution < -0.4 is 0 Å². The van der Waals surface area contributed by atoms with Crippen LogP contribution in [-0.4, -0.2) is 29.9 Å². The first-order valence-corrected chi connectivity index (χ1v) is 4.90. The average Bonchev–Trinajstić information content (AvgIpc) is 2.42. The normalized spacial score (nSPS) is 21.9. The van der Waals surface area contributed by atoms with Gasteiger partial charge in [0.1, 0.15) is 5.57 Å². The Morgan fingerprint density at radius 3 is 1.30 bits per heavy atom. The summed E-state index contributed by atoms with van der Waals surface area (Å²) in [6, 6.07) is 0. The molecule has 134 valence electrons. The maximum atomic E-state index is 13.5. The molecule has 0 radical (unpaired) electrons. The van der Waals surface area contributed by atoms with Crippen molar-refractivity contribution in [3.8, 4) is 0 Å². The molecule has 0 saturated carbocycles. The zero-order valence-electron chi connectivity index (χ0n) is 9.79. The van der Waals surface area contributed by atoms with Gasteiger partial charge in [0.25, 0.3) is 6.08 Å². The van der Waals surface area contributed by atoms with Crippen molar-refractivity contribution < 1.29 is 61.5 Å². The molecule has 0 aromatic heterocycles. The van der Waals surface area contributed by atoms with Crippen molar-refractivity contribution >= 4 is 0 Å². The predicted molar refractivity (Wildman–Crippen MR) is 43.2 cm³/mol. The van der Waals surface area contributed by atoms with Gasteiger partial charge in [0, 0.05) is 0 Å². The van der Waals surface area contributed by atoms with Crippen molar-refractivity contribution in [1.29, 1.82) is 0 Å². The molecule has 1 rings (SSSR count). The second kappa shape index (κ2) is 4.75. The Morgan fingerprint density at radius 1 is 0.696 bits per heavy atom. The molecule has 0 aromatic carbocycles. The highest BCUT2D eigenvalue weighted by Gasteiger charge is 2.83. The fraction of sp³-hybridized carbons (Fsp3) is 0.556. The van der Waals surface area contributed by atoms with Crippen molar-refractivity contribution in [2.75, 3.05) is 0 Å². The molecule has 0 heterocycles. The van der Waals surface area contributed by atoms with Crippen LogP contribution in [0, 0.1) is 0 Å². The van der Waals surface area contributed by atoms with Gasteiger partial charge in [0.15, 0.2) is 5.83 Å². The van der Waals surface area contributed by atoms with Gasteiger partial charge in [0.2, 0.25) is 0 Å². The van der Waals surface area contributed by atoms with Gasteiger partial charge in [-0.05, 0) is 0 Å². The predicted octanol–water partition coefficient (Wildman–Crippen LogP) is 5.48. The van der Waals surface area contributed by atoms with Gasteiger partial charge >= 0.3 is 29.9 Å². The number of hydrogen-bond donors (Lipinski definition) is 0. The Morgan fingerprint density at radius 2 is 1.04 bits per heavy atom. The summed E-state index contributed by atoms with van der Waals surface area (Å²) in [5, 5.41) is 0. The highest BCUT2D eigenvalue weighted by Crippen LogP contribution is 2.64. The van der Waals surface area contributed by atoms with E-state index in [1.165, 1.54) is 0 Å². The van der Waals surface area contributed by atoms with E-state index in [1.807, 2.05) is 0 Å². The second-order valence-electron chi connectivity index (χ2n) is 4.13. The molecular formula is C9F14. The lowest BCUT2D eigenvalue weighted by Gasteiger charge is -2.31. The molecule has 0 fully saturated rings. The smallest absolute Gasteiger partial charge is 0.218 e. The van der Waals surface area contributed by atoms with E-state index < -0.39 is 52.9 Å². The third kappa shape index (κ3) is 2.28. The summed E-state index contributed by atoms with van der Waals surface area (Å²) >= 11 is 0. The van der Waals surface area contributed by atoms with Gasteiger partial charge in [-0.1, -0.05) is 0 Å². The minimum absolute atomic E-state index is 4.00. The highest BCUT2D eigenvalue weighted by molar-refractivity contribution is 5.56. The minimum Gasteiger partial charge on any atom is -0.218 e. The van der Waals surface area contributed by atoms with Crippen LogP contribution in [0.4, 0.5) is 61.5 Å². The third-order valence-corrected chi connectivity index (χ3v) is 2.77. The minimum atomic E-state index is -7.34. The molecule has 0 nitrogen and oxygen atoms in total. The molecule has 1 aliphatic rings. The van der Waals surface area contributed by atoms with E-state index in [-0.39, 0.29) is 0 Å². The quantitative estimate of drug-likeness (QED) is 0.534. The Labute approximate surface area is 116 Å². The first-order chi connectivity index (χ1) is 9.85. The van der Waals surface area contributed by atoms with E-state index in [4.69, 9.17) is 0 Å². The molecule has 0 amide bonds. The average molecular weight is 374 g/mol. The molecule has 0 saturated heterocycles. The van der Waals surface area contributed by atoms with Crippen molar-refractivity contribution in [1.82, 2.24) is 0 Å². The van der Waals surface area contributed by atoms with Crippen LogP contribution in [0.15, 0.2) is 23.1 Å². The van der Waals surface area contributed by atoms with Crippen molar-refractivity contribution in [2.45, 2.75) is 29.9 Å². The Kier molecular flexibility index (Phi) is 4.04. The lowest BCUT2D eigenvalue weighted by Crippen LogP contribution is -2.55. The van der Waals surface area contributed by atoms with Crippen molar-refractivity contribution in [2.24, 2.45) is 0 Å². The molecule has 0 unspecified atom stereocenters. The monoisotopic (exact) mass is 374 g/mol. The van der Waals surface area contributed by atoms with E-state index in [0.29, 0.717) is 0 Å². The molecule has 0 spiro atoms. The lowest BCUT2D eigenvalue weighted by atomic mass is 9.89. The van der Waals surface area contributed by atoms with Gasteiger partial charge in [-0.25, -0.2) is 8.78 Å². The maximum Gasteiger partial charge on any atom is 0.436 e. The molecule has 14 heteroatoms. The fourth-order valence-electron chi connectivity index (χ4n) is 1.70. The molecular weight excluding hydrogens is 374 g/mol. The summed E-state index contributed by atoms with van der Waals surface area (Å²) in [6.07, 6.45) is -18.9. The number of allylic oxidation sites excluding steroid dienone is 3. The number of hydrogen-bond acceptors (Lipinski definition) is 0. The van der Waals surface area contributed by atoms with Crippen LogP contribution in [0.25, 0.3) is 0 Å². The largest absolute Gasteiger partial charge is 0.436 e. The summed E-state index contributed by atoms with van der Waals surface area (Å²) in [5.74, 6) is -17.4. The van der Waals surface area contributed by atoms with Crippen LogP contribution in [0.1, 0.15) is 0 Å². The number of halogens is 14. The summed E-state index contributed by atoms with van der Waals surface area (Å²) in [4.78, 5) is 0. The van der Waals surface area contributed by atoms with Gasteiger partial charge in [-0.2, -0.15) is 52.7 Å². The number of rotatable bonds is 1. The van der Waals surface area contributed by atoms with Crippen LogP contribution in [0.2, 0.25) is 0 Å². The fourth-order valence-corrected chi connectivity index (χ4v) is 1.70. The second-order valence-corrected chi connectivity index (χ2v) is 4.13. The molecule has 0 N–H and O–H groups in total.